The maximum Gasteiger partial charge on any atom is 0.270 e. The lowest BCUT2D eigenvalue weighted by Gasteiger charge is -2.34. The van der Waals surface area contributed by atoms with Crippen molar-refractivity contribution in [1.29, 1.82) is 0 Å². The molecule has 140 valence electrons. The number of rotatable bonds is 7. The van der Waals surface area contributed by atoms with Crippen LogP contribution in [-0.4, -0.2) is 51.1 Å². The number of nitrogens with zero attached hydrogens (tertiary/aromatic N) is 3. The predicted octanol–water partition coefficient (Wildman–Crippen LogP) is 2.62. The fraction of sp³-hybridized carbons (Fsp3) is 0.500. The summed E-state index contributed by atoms with van der Waals surface area (Å²) in [6.07, 6.45) is 1.51. The lowest BCUT2D eigenvalue weighted by Crippen LogP contribution is -2.49. The van der Waals surface area contributed by atoms with Gasteiger partial charge in [0.15, 0.2) is 0 Å². The number of nitro groups is 1. The number of carbonyl (C=O) groups is 3. The van der Waals surface area contributed by atoms with Crippen LogP contribution in [0.5, 0.6) is 0 Å². The second-order valence-corrected chi connectivity index (χ2v) is 6.50. The number of carbonyl (C=O) groups excluding carboxylic acids is 3. The minimum atomic E-state index is -0.671. The molecule has 1 aromatic rings. The van der Waals surface area contributed by atoms with E-state index in [0.717, 1.165) is 23.8 Å². The van der Waals surface area contributed by atoms with Gasteiger partial charge in [-0.2, -0.15) is 0 Å². The standard InChI is InChI=1S/C18H23N3O5/c1-5-11(3)20(12(4)6-2)16(22)10-19-17(23)14-8-7-13(21(25)26)9-15(14)18(19)24/h7-9,11-12H,5-6,10H2,1-4H3/t11-,12-/m0/s1. The molecule has 0 fully saturated rings. The van der Waals surface area contributed by atoms with Gasteiger partial charge in [-0.15, -0.1) is 0 Å². The SMILES string of the molecule is CC[C@H](C)N(C(=O)CN1C(=O)c2ccc([N+](=O)[O-])cc2C1=O)[C@@H](C)CC. The summed E-state index contributed by atoms with van der Waals surface area (Å²) in [6.45, 7) is 7.42. The molecular weight excluding hydrogens is 338 g/mol. The molecule has 0 aliphatic carbocycles. The van der Waals surface area contributed by atoms with E-state index in [2.05, 4.69) is 0 Å². The van der Waals surface area contributed by atoms with E-state index in [1.165, 1.54) is 12.1 Å². The average Bonchev–Trinajstić information content (AvgIpc) is 2.85. The maximum atomic E-state index is 12.8. The number of hydrogen-bond donors (Lipinski definition) is 0. The first-order chi connectivity index (χ1) is 12.2. The molecule has 1 aliphatic heterocycles. The van der Waals surface area contributed by atoms with Gasteiger partial charge in [0.2, 0.25) is 5.91 Å². The molecule has 0 saturated heterocycles. The molecule has 3 amide bonds. The van der Waals surface area contributed by atoms with E-state index in [4.69, 9.17) is 0 Å². The van der Waals surface area contributed by atoms with E-state index in [9.17, 15) is 24.5 Å². The summed E-state index contributed by atoms with van der Waals surface area (Å²) in [6, 6.07) is 3.49. The second-order valence-electron chi connectivity index (χ2n) is 6.50. The van der Waals surface area contributed by atoms with Gasteiger partial charge < -0.3 is 4.90 Å². The lowest BCUT2D eigenvalue weighted by molar-refractivity contribution is -0.384. The molecule has 0 radical (unpaired) electrons. The van der Waals surface area contributed by atoms with Gasteiger partial charge in [0.05, 0.1) is 16.1 Å². The van der Waals surface area contributed by atoms with Gasteiger partial charge in [-0.05, 0) is 32.8 Å². The van der Waals surface area contributed by atoms with Gasteiger partial charge in [-0.3, -0.25) is 29.4 Å². The Bertz CT molecular complexity index is 751. The Morgan fingerprint density at radius 3 is 2.15 bits per heavy atom. The van der Waals surface area contributed by atoms with Gasteiger partial charge in [0.1, 0.15) is 6.54 Å². The van der Waals surface area contributed by atoms with Crippen molar-refractivity contribution < 1.29 is 19.3 Å². The zero-order chi connectivity index (χ0) is 19.6. The number of imide groups is 1. The first-order valence-electron chi connectivity index (χ1n) is 8.68. The highest BCUT2D eigenvalue weighted by molar-refractivity contribution is 6.22. The summed E-state index contributed by atoms with van der Waals surface area (Å²) in [4.78, 5) is 50.6. The molecule has 1 heterocycles. The van der Waals surface area contributed by atoms with E-state index in [1.54, 1.807) is 4.90 Å². The first-order valence-corrected chi connectivity index (χ1v) is 8.68. The van der Waals surface area contributed by atoms with Crippen molar-refractivity contribution >= 4 is 23.4 Å². The molecule has 0 N–H and O–H groups in total. The van der Waals surface area contributed by atoms with Crippen LogP contribution >= 0.6 is 0 Å². The van der Waals surface area contributed by atoms with Crippen LogP contribution in [0.1, 0.15) is 61.3 Å². The van der Waals surface area contributed by atoms with Crippen LogP contribution < -0.4 is 0 Å². The summed E-state index contributed by atoms with van der Waals surface area (Å²) >= 11 is 0. The van der Waals surface area contributed by atoms with Gasteiger partial charge >= 0.3 is 0 Å². The van der Waals surface area contributed by atoms with Crippen LogP contribution in [0.25, 0.3) is 0 Å². The molecule has 2 atom stereocenters. The first kappa shape index (κ1) is 19.6. The summed E-state index contributed by atoms with van der Waals surface area (Å²) in [5.41, 5.74) is -0.207. The Balaban J connectivity index is 2.27. The topological polar surface area (TPSA) is 101 Å². The number of nitro benzene ring substituents is 1. The van der Waals surface area contributed by atoms with Crippen molar-refractivity contribution in [2.45, 2.75) is 52.6 Å². The van der Waals surface area contributed by atoms with Crippen LogP contribution in [0.15, 0.2) is 18.2 Å². The number of hydrogen-bond acceptors (Lipinski definition) is 5. The Kier molecular flexibility index (Phi) is 5.74. The molecule has 1 aromatic carbocycles. The summed E-state index contributed by atoms with van der Waals surface area (Å²) in [5, 5.41) is 10.9. The van der Waals surface area contributed by atoms with Crippen LogP contribution in [0.2, 0.25) is 0 Å². The molecule has 0 spiro atoms. The van der Waals surface area contributed by atoms with Gasteiger partial charge in [0.25, 0.3) is 17.5 Å². The third kappa shape index (κ3) is 3.44. The lowest BCUT2D eigenvalue weighted by atomic mass is 10.1. The van der Waals surface area contributed by atoms with Crippen molar-refractivity contribution in [3.8, 4) is 0 Å². The van der Waals surface area contributed by atoms with E-state index < -0.39 is 16.7 Å². The third-order valence-corrected chi connectivity index (χ3v) is 4.88. The molecule has 0 bridgehead atoms. The van der Waals surface area contributed by atoms with E-state index in [0.29, 0.717) is 0 Å². The molecule has 8 nitrogen and oxygen atoms in total. The number of amides is 3. The molecule has 0 saturated carbocycles. The number of non-ortho nitro benzene ring substituents is 1. The van der Waals surface area contributed by atoms with E-state index in [1.807, 2.05) is 27.7 Å². The average molecular weight is 361 g/mol. The van der Waals surface area contributed by atoms with Crippen molar-refractivity contribution in [3.05, 3.63) is 39.4 Å². The van der Waals surface area contributed by atoms with Crippen molar-refractivity contribution in [1.82, 2.24) is 9.80 Å². The number of benzene rings is 1. The molecular formula is C18H23N3O5. The van der Waals surface area contributed by atoms with Crippen LogP contribution in [0.3, 0.4) is 0 Å². The highest BCUT2D eigenvalue weighted by Crippen LogP contribution is 2.27. The predicted molar refractivity (Wildman–Crippen MR) is 94.8 cm³/mol. The summed E-state index contributed by atoms with van der Waals surface area (Å²) in [7, 11) is 0. The fourth-order valence-electron chi connectivity index (χ4n) is 3.07. The minimum absolute atomic E-state index is 0.0197. The van der Waals surface area contributed by atoms with Crippen molar-refractivity contribution in [2.24, 2.45) is 0 Å². The quantitative estimate of drug-likeness (QED) is 0.422. The van der Waals surface area contributed by atoms with Gasteiger partial charge in [-0.1, -0.05) is 13.8 Å². The Labute approximate surface area is 151 Å². The fourth-order valence-corrected chi connectivity index (χ4v) is 3.07. The third-order valence-electron chi connectivity index (χ3n) is 4.88. The molecule has 8 heteroatoms. The molecule has 0 aromatic heterocycles. The molecule has 1 aliphatic rings. The normalized spacial score (nSPS) is 15.6. The van der Waals surface area contributed by atoms with Crippen molar-refractivity contribution in [2.75, 3.05) is 6.54 Å². The van der Waals surface area contributed by atoms with Gasteiger partial charge in [0, 0.05) is 24.2 Å². The van der Waals surface area contributed by atoms with Crippen LogP contribution in [0, 0.1) is 10.1 Å². The largest absolute Gasteiger partial charge is 0.336 e. The monoisotopic (exact) mass is 361 g/mol. The van der Waals surface area contributed by atoms with E-state index in [-0.39, 0.29) is 41.3 Å². The zero-order valence-electron chi connectivity index (χ0n) is 15.4. The van der Waals surface area contributed by atoms with E-state index >= 15 is 0 Å². The van der Waals surface area contributed by atoms with Crippen LogP contribution in [0.4, 0.5) is 5.69 Å². The van der Waals surface area contributed by atoms with Gasteiger partial charge in [-0.25, -0.2) is 0 Å². The Morgan fingerprint density at radius 1 is 1.12 bits per heavy atom. The highest BCUT2D eigenvalue weighted by Gasteiger charge is 2.39. The smallest absolute Gasteiger partial charge is 0.270 e. The summed E-state index contributed by atoms with van der Waals surface area (Å²) < 4.78 is 0. The minimum Gasteiger partial charge on any atom is -0.336 e. The second kappa shape index (κ2) is 7.63. The summed E-state index contributed by atoms with van der Waals surface area (Å²) in [5.74, 6) is -1.57. The Hall–Kier alpha value is -2.77. The number of fused-ring (bicyclic) bond motifs is 1. The maximum absolute atomic E-state index is 12.8. The zero-order valence-corrected chi connectivity index (χ0v) is 15.4. The Morgan fingerprint density at radius 2 is 1.65 bits per heavy atom. The highest BCUT2D eigenvalue weighted by atomic mass is 16.6. The van der Waals surface area contributed by atoms with Crippen LogP contribution in [-0.2, 0) is 4.79 Å². The van der Waals surface area contributed by atoms with Crippen molar-refractivity contribution in [3.63, 3.8) is 0 Å². The molecule has 26 heavy (non-hydrogen) atoms. The molecule has 0 unspecified atom stereocenters. The molecule has 2 rings (SSSR count).